The largest absolute Gasteiger partial charge is 0.361 e. The molecule has 3 aromatic rings. The van der Waals surface area contributed by atoms with Crippen molar-refractivity contribution in [1.82, 2.24) is 10.3 Å². The summed E-state index contributed by atoms with van der Waals surface area (Å²) in [5.74, 6) is -0.181. The fraction of sp³-hybridized carbons (Fsp3) is 0.176. The van der Waals surface area contributed by atoms with Crippen LogP contribution in [0, 0.1) is 5.82 Å². The van der Waals surface area contributed by atoms with Crippen LogP contribution in [-0.2, 0) is 6.42 Å². The van der Waals surface area contributed by atoms with Gasteiger partial charge in [-0.25, -0.2) is 4.39 Å². The number of likely N-dealkylation sites (N-methyl/N-ethyl adjacent to an activating group) is 1. The number of halogens is 1. The molecule has 0 radical (unpaired) electrons. The molecule has 1 heterocycles. The van der Waals surface area contributed by atoms with E-state index in [9.17, 15) is 4.39 Å². The summed E-state index contributed by atoms with van der Waals surface area (Å²) in [6.45, 7) is 0.927. The van der Waals surface area contributed by atoms with Crippen LogP contribution in [0.2, 0.25) is 0 Å². The van der Waals surface area contributed by atoms with E-state index in [0.29, 0.717) is 5.56 Å². The molecule has 0 spiro atoms. The van der Waals surface area contributed by atoms with Gasteiger partial charge in [-0.1, -0.05) is 24.3 Å². The zero-order chi connectivity index (χ0) is 13.9. The van der Waals surface area contributed by atoms with Gasteiger partial charge in [-0.2, -0.15) is 0 Å². The van der Waals surface area contributed by atoms with Gasteiger partial charge in [0.15, 0.2) is 0 Å². The third-order valence-electron chi connectivity index (χ3n) is 3.60. The summed E-state index contributed by atoms with van der Waals surface area (Å²) < 4.78 is 13.9. The molecule has 2 N–H and O–H groups in total. The molecule has 3 heteroatoms. The van der Waals surface area contributed by atoms with Crippen molar-refractivity contribution in [2.45, 2.75) is 6.42 Å². The summed E-state index contributed by atoms with van der Waals surface area (Å²) in [4.78, 5) is 3.27. The van der Waals surface area contributed by atoms with Crippen molar-refractivity contribution < 1.29 is 4.39 Å². The smallest absolute Gasteiger partial charge is 0.131 e. The van der Waals surface area contributed by atoms with Crippen LogP contribution in [0.5, 0.6) is 0 Å². The van der Waals surface area contributed by atoms with Gasteiger partial charge in [-0.3, -0.25) is 0 Å². The van der Waals surface area contributed by atoms with Gasteiger partial charge in [0.2, 0.25) is 0 Å². The Bertz CT molecular complexity index is 731. The second-order valence-corrected chi connectivity index (χ2v) is 4.91. The number of benzene rings is 2. The van der Waals surface area contributed by atoms with Crippen molar-refractivity contribution in [3.8, 4) is 11.1 Å². The summed E-state index contributed by atoms with van der Waals surface area (Å²) in [6.07, 6.45) is 2.99. The predicted octanol–water partition coefficient (Wildman–Crippen LogP) is 3.74. The van der Waals surface area contributed by atoms with E-state index in [0.717, 1.165) is 24.0 Å². The van der Waals surface area contributed by atoms with Crippen LogP contribution in [0.3, 0.4) is 0 Å². The van der Waals surface area contributed by atoms with Gasteiger partial charge in [0.25, 0.3) is 0 Å². The topological polar surface area (TPSA) is 27.8 Å². The highest BCUT2D eigenvalue weighted by Gasteiger charge is 2.08. The molecule has 3 rings (SSSR count). The third kappa shape index (κ3) is 2.32. The average Bonchev–Trinajstić information content (AvgIpc) is 2.88. The van der Waals surface area contributed by atoms with Crippen LogP contribution in [0.1, 0.15) is 5.56 Å². The fourth-order valence-electron chi connectivity index (χ4n) is 2.51. The molecule has 0 fully saturated rings. The standard InChI is InChI=1S/C17H17FN2/c1-19-9-8-13-11-20-17-7-6-12(10-15(13)17)14-4-2-3-5-16(14)18/h2-7,10-11,19-20H,8-9H2,1H3. The molecule has 0 saturated heterocycles. The van der Waals surface area contributed by atoms with E-state index in [2.05, 4.69) is 16.4 Å². The predicted molar refractivity (Wildman–Crippen MR) is 81.3 cm³/mol. The first kappa shape index (κ1) is 12.9. The van der Waals surface area contributed by atoms with Gasteiger partial charge in [-0.05, 0) is 49.3 Å². The lowest BCUT2D eigenvalue weighted by Crippen LogP contribution is -2.09. The minimum atomic E-state index is -0.181. The number of rotatable bonds is 4. The van der Waals surface area contributed by atoms with E-state index in [4.69, 9.17) is 0 Å². The molecule has 20 heavy (non-hydrogen) atoms. The number of hydrogen-bond acceptors (Lipinski definition) is 1. The minimum Gasteiger partial charge on any atom is -0.361 e. The van der Waals surface area contributed by atoms with E-state index in [1.54, 1.807) is 6.07 Å². The highest BCUT2D eigenvalue weighted by atomic mass is 19.1. The van der Waals surface area contributed by atoms with Gasteiger partial charge < -0.3 is 10.3 Å². The number of H-pyrrole nitrogens is 1. The van der Waals surface area contributed by atoms with Crippen LogP contribution in [0.15, 0.2) is 48.7 Å². The fourth-order valence-corrected chi connectivity index (χ4v) is 2.51. The molecule has 0 aliphatic carbocycles. The Kier molecular flexibility index (Phi) is 3.52. The second kappa shape index (κ2) is 5.47. The Labute approximate surface area is 117 Å². The van der Waals surface area contributed by atoms with Crippen molar-refractivity contribution in [3.05, 3.63) is 60.0 Å². The Morgan fingerprint density at radius 1 is 1.15 bits per heavy atom. The summed E-state index contributed by atoms with van der Waals surface area (Å²) >= 11 is 0. The van der Waals surface area contributed by atoms with Crippen LogP contribution in [0.25, 0.3) is 22.0 Å². The maximum absolute atomic E-state index is 13.9. The molecule has 2 aromatic carbocycles. The normalized spacial score (nSPS) is 11.1. The van der Waals surface area contributed by atoms with Crippen molar-refractivity contribution in [2.75, 3.05) is 13.6 Å². The number of aromatic nitrogens is 1. The Morgan fingerprint density at radius 2 is 2.00 bits per heavy atom. The molecule has 1 aromatic heterocycles. The zero-order valence-corrected chi connectivity index (χ0v) is 11.4. The average molecular weight is 268 g/mol. The quantitative estimate of drug-likeness (QED) is 0.741. The molecule has 0 bridgehead atoms. The van der Waals surface area contributed by atoms with Crippen LogP contribution >= 0.6 is 0 Å². The van der Waals surface area contributed by atoms with E-state index >= 15 is 0 Å². The van der Waals surface area contributed by atoms with Crippen LogP contribution in [0.4, 0.5) is 4.39 Å². The molecule has 0 aliphatic heterocycles. The van der Waals surface area contributed by atoms with E-state index in [1.807, 2.05) is 37.5 Å². The van der Waals surface area contributed by atoms with Gasteiger partial charge >= 0.3 is 0 Å². The summed E-state index contributed by atoms with van der Waals surface area (Å²) in [6, 6.07) is 12.9. The molecule has 0 aliphatic rings. The number of hydrogen-bond donors (Lipinski definition) is 2. The van der Waals surface area contributed by atoms with Crippen molar-refractivity contribution in [2.24, 2.45) is 0 Å². The van der Waals surface area contributed by atoms with Gasteiger partial charge in [0.05, 0.1) is 0 Å². The molecule has 0 saturated carbocycles. The first-order valence-corrected chi connectivity index (χ1v) is 6.79. The molecular weight excluding hydrogens is 251 g/mol. The Hall–Kier alpha value is -2.13. The van der Waals surface area contributed by atoms with Crippen LogP contribution < -0.4 is 5.32 Å². The Morgan fingerprint density at radius 3 is 2.80 bits per heavy atom. The number of aromatic amines is 1. The van der Waals surface area contributed by atoms with E-state index in [-0.39, 0.29) is 5.82 Å². The lowest BCUT2D eigenvalue weighted by Gasteiger charge is -2.05. The number of fused-ring (bicyclic) bond motifs is 1. The lowest BCUT2D eigenvalue weighted by atomic mass is 10.0. The summed E-state index contributed by atoms with van der Waals surface area (Å²) in [5.41, 5.74) is 3.92. The summed E-state index contributed by atoms with van der Waals surface area (Å²) in [7, 11) is 1.94. The molecular formula is C17H17FN2. The lowest BCUT2D eigenvalue weighted by molar-refractivity contribution is 0.631. The highest BCUT2D eigenvalue weighted by molar-refractivity contribution is 5.88. The first-order valence-electron chi connectivity index (χ1n) is 6.79. The molecule has 102 valence electrons. The molecule has 2 nitrogen and oxygen atoms in total. The summed E-state index contributed by atoms with van der Waals surface area (Å²) in [5, 5.41) is 4.32. The van der Waals surface area contributed by atoms with Crippen LogP contribution in [-0.4, -0.2) is 18.6 Å². The SMILES string of the molecule is CNCCc1c[nH]c2ccc(-c3ccccc3F)cc12. The van der Waals surface area contributed by atoms with Crippen molar-refractivity contribution >= 4 is 10.9 Å². The van der Waals surface area contributed by atoms with Crippen molar-refractivity contribution in [1.29, 1.82) is 0 Å². The van der Waals surface area contributed by atoms with Gasteiger partial charge in [-0.15, -0.1) is 0 Å². The molecule has 0 unspecified atom stereocenters. The first-order chi connectivity index (χ1) is 9.79. The van der Waals surface area contributed by atoms with Gasteiger partial charge in [0.1, 0.15) is 5.82 Å². The minimum absolute atomic E-state index is 0.181. The monoisotopic (exact) mass is 268 g/mol. The van der Waals surface area contributed by atoms with E-state index < -0.39 is 0 Å². The third-order valence-corrected chi connectivity index (χ3v) is 3.60. The highest BCUT2D eigenvalue weighted by Crippen LogP contribution is 2.28. The molecule has 0 amide bonds. The van der Waals surface area contributed by atoms with Gasteiger partial charge in [0, 0.05) is 22.7 Å². The maximum atomic E-state index is 13.9. The Balaban J connectivity index is 2.07. The zero-order valence-electron chi connectivity index (χ0n) is 11.4. The number of nitrogens with one attached hydrogen (secondary N) is 2. The van der Waals surface area contributed by atoms with Crippen molar-refractivity contribution in [3.63, 3.8) is 0 Å². The van der Waals surface area contributed by atoms with E-state index in [1.165, 1.54) is 17.0 Å². The molecule has 0 atom stereocenters. The maximum Gasteiger partial charge on any atom is 0.131 e. The second-order valence-electron chi connectivity index (χ2n) is 4.91.